The van der Waals surface area contributed by atoms with Crippen LogP contribution >= 0.6 is 0 Å². The minimum absolute atomic E-state index is 0.197. The number of pyridine rings is 1. The molecule has 6 nitrogen and oxygen atoms in total. The highest BCUT2D eigenvalue weighted by Gasteiger charge is 2.22. The lowest BCUT2D eigenvalue weighted by Crippen LogP contribution is -2.45. The zero-order chi connectivity index (χ0) is 20.5. The number of nitrogens with zero attached hydrogens (tertiary/aromatic N) is 3. The normalized spacial score (nSPS) is 16.2. The number of aryl methyl sites for hydroxylation is 1. The van der Waals surface area contributed by atoms with E-state index in [1.165, 1.54) is 12.1 Å². The molecule has 0 saturated carbocycles. The van der Waals surface area contributed by atoms with Crippen molar-refractivity contribution in [2.75, 3.05) is 38.1 Å². The molecule has 29 heavy (non-hydrogen) atoms. The number of carbonyl (C=O) groups is 1. The summed E-state index contributed by atoms with van der Waals surface area (Å²) in [5, 5.41) is 2.94. The number of rotatable bonds is 4. The Balaban J connectivity index is 1.56. The number of benzene rings is 1. The Labute approximate surface area is 169 Å². The molecule has 2 aromatic heterocycles. The molecule has 0 spiro atoms. The SMILES string of the molecule is Cc1ccc2oc(C(=O)NC(C)c3cc(F)ccc3N3CCN(C)CC3)cc2n1. The lowest BCUT2D eigenvalue weighted by atomic mass is 10.0. The van der Waals surface area contributed by atoms with E-state index in [2.05, 4.69) is 27.1 Å². The number of nitrogens with one attached hydrogen (secondary N) is 1. The van der Waals surface area contributed by atoms with Gasteiger partial charge in [0.2, 0.25) is 0 Å². The van der Waals surface area contributed by atoms with Crippen LogP contribution in [0.25, 0.3) is 11.1 Å². The number of hydrogen-bond acceptors (Lipinski definition) is 5. The highest BCUT2D eigenvalue weighted by Crippen LogP contribution is 2.29. The van der Waals surface area contributed by atoms with Gasteiger partial charge in [0.25, 0.3) is 5.91 Å². The van der Waals surface area contributed by atoms with Gasteiger partial charge < -0.3 is 19.5 Å². The predicted molar refractivity (Wildman–Crippen MR) is 111 cm³/mol. The topological polar surface area (TPSA) is 61.6 Å². The van der Waals surface area contributed by atoms with Gasteiger partial charge in [-0.2, -0.15) is 0 Å². The van der Waals surface area contributed by atoms with Crippen LogP contribution in [0.5, 0.6) is 0 Å². The number of halogens is 1. The number of anilines is 1. The first-order chi connectivity index (χ1) is 13.9. The molecule has 1 atom stereocenters. The fourth-order valence-corrected chi connectivity index (χ4v) is 3.69. The predicted octanol–water partition coefficient (Wildman–Crippen LogP) is 3.52. The maximum Gasteiger partial charge on any atom is 0.287 e. The van der Waals surface area contributed by atoms with Gasteiger partial charge in [0.15, 0.2) is 11.3 Å². The van der Waals surface area contributed by atoms with Gasteiger partial charge in [0.05, 0.1) is 6.04 Å². The first-order valence-corrected chi connectivity index (χ1v) is 9.82. The zero-order valence-electron chi connectivity index (χ0n) is 16.9. The Hall–Kier alpha value is -2.93. The molecule has 1 N–H and O–H groups in total. The smallest absolute Gasteiger partial charge is 0.287 e. The van der Waals surface area contributed by atoms with Crippen LogP contribution in [0.4, 0.5) is 10.1 Å². The summed E-state index contributed by atoms with van der Waals surface area (Å²) in [5.41, 5.74) is 3.78. The third-order valence-corrected chi connectivity index (χ3v) is 5.38. The Morgan fingerprint density at radius 3 is 2.69 bits per heavy atom. The summed E-state index contributed by atoms with van der Waals surface area (Å²) < 4.78 is 19.6. The summed E-state index contributed by atoms with van der Waals surface area (Å²) in [6.45, 7) is 7.37. The number of likely N-dealkylation sites (N-methyl/N-ethyl adjacent to an activating group) is 1. The average molecular weight is 396 g/mol. The van der Waals surface area contributed by atoms with Crippen LogP contribution in [0, 0.1) is 12.7 Å². The standard InChI is InChI=1S/C22H25FN4O2/c1-14-4-7-20-18(24-14)13-21(29-20)22(28)25-15(2)17-12-16(23)5-6-19(17)27-10-8-26(3)9-11-27/h4-7,12-13,15H,8-11H2,1-3H3,(H,25,28). The third-order valence-electron chi connectivity index (χ3n) is 5.38. The second-order valence-corrected chi connectivity index (χ2v) is 7.64. The Bertz CT molecular complexity index is 1040. The second kappa shape index (κ2) is 7.83. The Morgan fingerprint density at radius 1 is 1.17 bits per heavy atom. The monoisotopic (exact) mass is 396 g/mol. The van der Waals surface area contributed by atoms with Crippen molar-refractivity contribution < 1.29 is 13.6 Å². The van der Waals surface area contributed by atoms with E-state index in [1.54, 1.807) is 18.2 Å². The summed E-state index contributed by atoms with van der Waals surface area (Å²) in [6, 6.07) is 9.67. The minimum atomic E-state index is -0.379. The second-order valence-electron chi connectivity index (χ2n) is 7.64. The number of hydrogen-bond donors (Lipinski definition) is 1. The Morgan fingerprint density at radius 2 is 1.93 bits per heavy atom. The van der Waals surface area contributed by atoms with E-state index in [9.17, 15) is 9.18 Å². The fourth-order valence-electron chi connectivity index (χ4n) is 3.69. The van der Waals surface area contributed by atoms with Crippen molar-refractivity contribution in [1.29, 1.82) is 0 Å². The first-order valence-electron chi connectivity index (χ1n) is 9.82. The number of carbonyl (C=O) groups excluding carboxylic acids is 1. The van der Waals surface area contributed by atoms with E-state index in [0.29, 0.717) is 11.1 Å². The van der Waals surface area contributed by atoms with Crippen LogP contribution < -0.4 is 10.2 Å². The quantitative estimate of drug-likeness (QED) is 0.731. The molecule has 0 radical (unpaired) electrons. The summed E-state index contributed by atoms with van der Waals surface area (Å²) in [6.07, 6.45) is 0. The molecule has 0 bridgehead atoms. The van der Waals surface area contributed by atoms with Gasteiger partial charge in [-0.05, 0) is 51.2 Å². The van der Waals surface area contributed by atoms with E-state index >= 15 is 0 Å². The van der Waals surface area contributed by atoms with E-state index in [4.69, 9.17) is 4.42 Å². The molecule has 3 aromatic rings. The molecule has 1 unspecified atom stereocenters. The Kier molecular flexibility index (Phi) is 5.24. The molecule has 152 valence electrons. The van der Waals surface area contributed by atoms with Gasteiger partial charge in [-0.25, -0.2) is 9.37 Å². The van der Waals surface area contributed by atoms with Crippen molar-refractivity contribution in [1.82, 2.24) is 15.2 Å². The highest BCUT2D eigenvalue weighted by atomic mass is 19.1. The van der Waals surface area contributed by atoms with Crippen molar-refractivity contribution in [3.63, 3.8) is 0 Å². The van der Waals surface area contributed by atoms with Crippen molar-refractivity contribution >= 4 is 22.7 Å². The molecule has 1 aromatic carbocycles. The summed E-state index contributed by atoms with van der Waals surface area (Å²) in [7, 11) is 2.09. The van der Waals surface area contributed by atoms with Gasteiger partial charge in [0, 0.05) is 49.2 Å². The molecule has 7 heteroatoms. The number of aromatic nitrogens is 1. The molecule has 1 aliphatic rings. The largest absolute Gasteiger partial charge is 0.449 e. The van der Waals surface area contributed by atoms with Crippen LogP contribution in [-0.2, 0) is 0 Å². The van der Waals surface area contributed by atoms with Gasteiger partial charge in [-0.15, -0.1) is 0 Å². The van der Waals surface area contributed by atoms with Crippen molar-refractivity contribution in [3.05, 3.63) is 59.2 Å². The van der Waals surface area contributed by atoms with E-state index in [-0.39, 0.29) is 23.5 Å². The molecule has 4 rings (SSSR count). The number of piperazine rings is 1. The van der Waals surface area contributed by atoms with Crippen LogP contribution in [-0.4, -0.2) is 49.0 Å². The molecule has 1 saturated heterocycles. The van der Waals surface area contributed by atoms with Gasteiger partial charge in [0.1, 0.15) is 11.3 Å². The lowest BCUT2D eigenvalue weighted by Gasteiger charge is -2.36. The van der Waals surface area contributed by atoms with Gasteiger partial charge in [-0.1, -0.05) is 0 Å². The molecule has 1 fully saturated rings. The number of furan rings is 1. The maximum absolute atomic E-state index is 14.0. The zero-order valence-corrected chi connectivity index (χ0v) is 16.9. The molecular formula is C22H25FN4O2. The minimum Gasteiger partial charge on any atom is -0.449 e. The summed E-state index contributed by atoms with van der Waals surface area (Å²) in [5.74, 6) is -0.466. The average Bonchev–Trinajstić information content (AvgIpc) is 3.12. The van der Waals surface area contributed by atoms with Crippen molar-refractivity contribution in [3.8, 4) is 0 Å². The number of fused-ring (bicyclic) bond motifs is 1. The van der Waals surface area contributed by atoms with Gasteiger partial charge >= 0.3 is 0 Å². The molecular weight excluding hydrogens is 371 g/mol. The molecule has 0 aliphatic carbocycles. The van der Waals surface area contributed by atoms with E-state index in [1.807, 2.05) is 19.9 Å². The van der Waals surface area contributed by atoms with E-state index in [0.717, 1.165) is 43.1 Å². The molecule has 1 amide bonds. The van der Waals surface area contributed by atoms with Crippen LogP contribution in [0.15, 0.2) is 40.8 Å². The van der Waals surface area contributed by atoms with Crippen LogP contribution in [0.2, 0.25) is 0 Å². The third kappa shape index (κ3) is 4.10. The lowest BCUT2D eigenvalue weighted by molar-refractivity contribution is 0.0914. The fraction of sp³-hybridized carbons (Fsp3) is 0.364. The van der Waals surface area contributed by atoms with Gasteiger partial charge in [-0.3, -0.25) is 4.79 Å². The first kappa shape index (κ1) is 19.4. The molecule has 1 aliphatic heterocycles. The summed E-state index contributed by atoms with van der Waals surface area (Å²) in [4.78, 5) is 21.6. The van der Waals surface area contributed by atoms with Crippen molar-refractivity contribution in [2.45, 2.75) is 19.9 Å². The summed E-state index contributed by atoms with van der Waals surface area (Å²) >= 11 is 0. The number of amides is 1. The van der Waals surface area contributed by atoms with E-state index < -0.39 is 0 Å². The van der Waals surface area contributed by atoms with Crippen molar-refractivity contribution in [2.24, 2.45) is 0 Å². The maximum atomic E-state index is 14.0. The highest BCUT2D eigenvalue weighted by molar-refractivity contribution is 5.95. The van der Waals surface area contributed by atoms with Crippen LogP contribution in [0.1, 0.15) is 34.8 Å². The molecule has 3 heterocycles. The van der Waals surface area contributed by atoms with Crippen LogP contribution in [0.3, 0.4) is 0 Å².